The molecule has 2 rings (SSSR count). The van der Waals surface area contributed by atoms with Crippen LogP contribution in [0.25, 0.3) is 0 Å². The van der Waals surface area contributed by atoms with Gasteiger partial charge in [0.2, 0.25) is 0 Å². The fourth-order valence-electron chi connectivity index (χ4n) is 2.60. The monoisotopic (exact) mass is 458 g/mol. The van der Waals surface area contributed by atoms with E-state index in [0.717, 1.165) is 29.5 Å². The minimum Gasteiger partial charge on any atom is -0.486 e. The van der Waals surface area contributed by atoms with Gasteiger partial charge in [0.25, 0.3) is 10.3 Å². The van der Waals surface area contributed by atoms with Crippen LogP contribution in [0.15, 0.2) is 54.6 Å². The molecule has 0 aliphatic carbocycles. The molecule has 1 unspecified atom stereocenters. The molecule has 2 aromatic carbocycles. The van der Waals surface area contributed by atoms with Crippen molar-refractivity contribution in [3.8, 4) is 5.75 Å². The summed E-state index contributed by atoms with van der Waals surface area (Å²) in [6.07, 6.45) is -4.53. The van der Waals surface area contributed by atoms with Crippen LogP contribution in [-0.4, -0.2) is 41.2 Å². The summed E-state index contributed by atoms with van der Waals surface area (Å²) < 4.78 is 44.2. The molecular weight excluding hydrogens is 437 g/mol. The Morgan fingerprint density at radius 3 is 2.39 bits per heavy atom. The van der Waals surface area contributed by atoms with E-state index >= 15 is 0 Å². The number of rotatable bonds is 10. The van der Waals surface area contributed by atoms with Gasteiger partial charge < -0.3 is 14.5 Å². The summed E-state index contributed by atoms with van der Waals surface area (Å²) in [7, 11) is 1.59. The number of benzene rings is 2. The molecule has 168 valence electrons. The number of thioether (sulfide) groups is 1. The third-order valence-electron chi connectivity index (χ3n) is 4.18. The molecule has 0 spiro atoms. The van der Waals surface area contributed by atoms with Crippen molar-refractivity contribution in [3.05, 3.63) is 75.8 Å². The summed E-state index contributed by atoms with van der Waals surface area (Å²) in [4.78, 5) is 27.9. The predicted molar refractivity (Wildman–Crippen MR) is 109 cm³/mol. The van der Waals surface area contributed by atoms with Crippen LogP contribution in [0.2, 0.25) is 0 Å². The van der Waals surface area contributed by atoms with E-state index in [4.69, 9.17) is 4.74 Å². The maximum atomic E-state index is 12.8. The zero-order valence-electron chi connectivity index (χ0n) is 16.6. The van der Waals surface area contributed by atoms with Crippen LogP contribution < -0.4 is 4.74 Å². The van der Waals surface area contributed by atoms with Gasteiger partial charge in [-0.05, 0) is 29.8 Å². The SMILES string of the molecule is CN(CCC(Oc1ccc(C(F)(F)F)cc1)c1ccccc1)C(=O)SCCO[N+](=O)[O-]. The average Bonchev–Trinajstić information content (AvgIpc) is 2.74. The van der Waals surface area contributed by atoms with Gasteiger partial charge in [-0.15, -0.1) is 10.1 Å². The molecule has 11 heteroatoms. The quantitative estimate of drug-likeness (QED) is 0.276. The maximum absolute atomic E-state index is 12.8. The second-order valence-electron chi connectivity index (χ2n) is 6.42. The number of ether oxygens (including phenoxy) is 1. The Hall–Kier alpha value is -2.95. The molecule has 1 amide bonds. The lowest BCUT2D eigenvalue weighted by Crippen LogP contribution is -2.26. The van der Waals surface area contributed by atoms with E-state index in [0.29, 0.717) is 13.0 Å². The first-order valence-electron chi connectivity index (χ1n) is 9.21. The number of alkyl halides is 3. The second-order valence-corrected chi connectivity index (χ2v) is 7.47. The van der Waals surface area contributed by atoms with E-state index in [1.165, 1.54) is 17.0 Å². The summed E-state index contributed by atoms with van der Waals surface area (Å²) in [5.41, 5.74) is 0.0507. The van der Waals surface area contributed by atoms with Crippen LogP contribution in [-0.2, 0) is 11.0 Å². The highest BCUT2D eigenvalue weighted by Crippen LogP contribution is 2.32. The lowest BCUT2D eigenvalue weighted by Gasteiger charge is -2.23. The fraction of sp³-hybridized carbons (Fsp3) is 0.350. The molecule has 0 saturated carbocycles. The molecule has 0 radical (unpaired) electrons. The molecule has 1 atom stereocenters. The van der Waals surface area contributed by atoms with Gasteiger partial charge >= 0.3 is 6.18 Å². The third-order valence-corrected chi connectivity index (χ3v) is 5.10. The summed E-state index contributed by atoms with van der Waals surface area (Å²) in [5, 5.41) is 8.91. The van der Waals surface area contributed by atoms with Crippen molar-refractivity contribution in [1.82, 2.24) is 4.90 Å². The summed E-state index contributed by atoms with van der Waals surface area (Å²) >= 11 is 0.892. The zero-order valence-corrected chi connectivity index (χ0v) is 17.4. The van der Waals surface area contributed by atoms with E-state index in [-0.39, 0.29) is 23.3 Å². The standard InChI is InChI=1S/C20H21F3N2O5S/c1-24(19(26)31-14-13-29-25(27)28)12-11-18(15-5-3-2-4-6-15)30-17-9-7-16(8-10-17)20(21,22)23/h2-10,18H,11-14H2,1H3. The minimum absolute atomic E-state index is 0.133. The molecule has 7 nitrogen and oxygen atoms in total. The van der Waals surface area contributed by atoms with Crippen LogP contribution in [0, 0.1) is 10.1 Å². The largest absolute Gasteiger partial charge is 0.486 e. The molecule has 0 bridgehead atoms. The first-order valence-corrected chi connectivity index (χ1v) is 10.2. The highest BCUT2D eigenvalue weighted by atomic mass is 32.2. The van der Waals surface area contributed by atoms with Gasteiger partial charge in [0, 0.05) is 25.8 Å². The summed E-state index contributed by atoms with van der Waals surface area (Å²) in [6, 6.07) is 13.6. The lowest BCUT2D eigenvalue weighted by molar-refractivity contribution is -0.756. The van der Waals surface area contributed by atoms with Crippen molar-refractivity contribution in [2.45, 2.75) is 18.7 Å². The van der Waals surface area contributed by atoms with Gasteiger partial charge in [-0.3, -0.25) is 4.79 Å². The Morgan fingerprint density at radius 1 is 1.16 bits per heavy atom. The van der Waals surface area contributed by atoms with Crippen molar-refractivity contribution in [1.29, 1.82) is 0 Å². The topological polar surface area (TPSA) is 81.9 Å². The highest BCUT2D eigenvalue weighted by molar-refractivity contribution is 8.13. The second kappa shape index (κ2) is 11.4. The Kier molecular flexibility index (Phi) is 8.98. The maximum Gasteiger partial charge on any atom is 0.416 e. The van der Waals surface area contributed by atoms with E-state index in [1.54, 1.807) is 7.05 Å². The fourth-order valence-corrected chi connectivity index (χ4v) is 3.25. The van der Waals surface area contributed by atoms with Crippen LogP contribution in [0.4, 0.5) is 18.0 Å². The lowest BCUT2D eigenvalue weighted by atomic mass is 10.1. The Balaban J connectivity index is 1.98. The number of halogens is 3. The van der Waals surface area contributed by atoms with Crippen LogP contribution in [0.1, 0.15) is 23.7 Å². The molecule has 31 heavy (non-hydrogen) atoms. The van der Waals surface area contributed by atoms with Crippen LogP contribution in [0.3, 0.4) is 0 Å². The Labute approximate surface area is 181 Å². The summed E-state index contributed by atoms with van der Waals surface area (Å²) in [5.74, 6) is 0.413. The number of hydrogen-bond donors (Lipinski definition) is 0. The molecule has 0 heterocycles. The first kappa shape index (κ1) is 24.3. The molecule has 0 aliphatic rings. The van der Waals surface area contributed by atoms with Crippen molar-refractivity contribution < 1.29 is 32.6 Å². The smallest absolute Gasteiger partial charge is 0.416 e. The minimum atomic E-state index is -4.43. The molecule has 0 aliphatic heterocycles. The van der Waals surface area contributed by atoms with Crippen molar-refractivity contribution in [2.24, 2.45) is 0 Å². The normalized spacial score (nSPS) is 12.1. The van der Waals surface area contributed by atoms with Crippen LogP contribution >= 0.6 is 11.8 Å². The third kappa shape index (κ3) is 8.36. The molecule has 0 N–H and O–H groups in total. The number of carbonyl (C=O) groups excluding carboxylic acids is 1. The van der Waals surface area contributed by atoms with E-state index in [9.17, 15) is 28.1 Å². The number of nitrogens with zero attached hydrogens (tertiary/aromatic N) is 2. The zero-order chi connectivity index (χ0) is 22.9. The Bertz CT molecular complexity index is 850. The first-order chi connectivity index (χ1) is 14.7. The van der Waals surface area contributed by atoms with Crippen LogP contribution in [0.5, 0.6) is 5.75 Å². The van der Waals surface area contributed by atoms with E-state index in [1.807, 2.05) is 30.3 Å². The molecule has 0 saturated heterocycles. The predicted octanol–water partition coefficient (Wildman–Crippen LogP) is 5.21. The van der Waals surface area contributed by atoms with Gasteiger partial charge in [-0.1, -0.05) is 42.1 Å². The van der Waals surface area contributed by atoms with Gasteiger partial charge in [0.15, 0.2) is 0 Å². The van der Waals surface area contributed by atoms with Gasteiger partial charge in [0.1, 0.15) is 18.5 Å². The van der Waals surface area contributed by atoms with Gasteiger partial charge in [-0.2, -0.15) is 13.2 Å². The number of hydrogen-bond acceptors (Lipinski definition) is 6. The molecule has 0 fully saturated rings. The van der Waals surface area contributed by atoms with Gasteiger partial charge in [0.05, 0.1) is 5.56 Å². The van der Waals surface area contributed by atoms with E-state index < -0.39 is 22.9 Å². The molecular formula is C20H21F3N2O5S. The Morgan fingerprint density at radius 2 is 1.81 bits per heavy atom. The average molecular weight is 458 g/mol. The summed E-state index contributed by atoms with van der Waals surface area (Å²) in [6.45, 7) is 0.114. The molecule has 2 aromatic rings. The van der Waals surface area contributed by atoms with E-state index in [2.05, 4.69) is 4.84 Å². The highest BCUT2D eigenvalue weighted by Gasteiger charge is 2.30. The van der Waals surface area contributed by atoms with Crippen molar-refractivity contribution in [2.75, 3.05) is 26.0 Å². The van der Waals surface area contributed by atoms with Crippen molar-refractivity contribution in [3.63, 3.8) is 0 Å². The number of amides is 1. The van der Waals surface area contributed by atoms with Gasteiger partial charge in [-0.25, -0.2) is 0 Å². The van der Waals surface area contributed by atoms with Crippen molar-refractivity contribution >= 4 is 17.0 Å². The molecule has 0 aromatic heterocycles. The number of carbonyl (C=O) groups is 1.